The van der Waals surface area contributed by atoms with E-state index in [-0.39, 0.29) is 18.5 Å². The molecule has 0 aliphatic rings. The Hall–Kier alpha value is -0.700. The molecule has 1 amide bonds. The van der Waals surface area contributed by atoms with Crippen molar-refractivity contribution < 1.29 is 13.2 Å². The topological polar surface area (TPSA) is 105 Å². The Bertz CT molecular complexity index is 329. The van der Waals surface area contributed by atoms with Gasteiger partial charge in [-0.15, -0.1) is 0 Å². The Morgan fingerprint density at radius 2 is 2.00 bits per heavy atom. The molecule has 0 saturated heterocycles. The van der Waals surface area contributed by atoms with Crippen LogP contribution in [0.1, 0.15) is 20.3 Å². The van der Waals surface area contributed by atoms with E-state index < -0.39 is 10.2 Å². The smallest absolute Gasteiger partial charge is 0.279 e. The number of amides is 1. The zero-order valence-corrected chi connectivity index (χ0v) is 11.4. The highest BCUT2D eigenvalue weighted by molar-refractivity contribution is 7.87. The van der Waals surface area contributed by atoms with Crippen LogP contribution in [-0.2, 0) is 15.0 Å². The average Bonchev–Trinajstić information content (AvgIpc) is 2.22. The van der Waals surface area contributed by atoms with Crippen molar-refractivity contribution in [2.75, 3.05) is 26.7 Å². The van der Waals surface area contributed by atoms with E-state index in [2.05, 4.69) is 10.0 Å². The number of hydrogen-bond donors (Lipinski definition) is 3. The molecule has 7 nitrogen and oxygen atoms in total. The van der Waals surface area contributed by atoms with Crippen LogP contribution >= 0.6 is 0 Å². The van der Waals surface area contributed by atoms with Crippen LogP contribution in [0.25, 0.3) is 0 Å². The third-order valence-corrected chi connectivity index (χ3v) is 3.46. The Balaban J connectivity index is 4.13. The molecule has 0 saturated carbocycles. The van der Waals surface area contributed by atoms with Gasteiger partial charge in [0.15, 0.2) is 0 Å². The van der Waals surface area contributed by atoms with Crippen molar-refractivity contribution in [3.05, 3.63) is 0 Å². The first kappa shape index (κ1) is 16.3. The molecule has 4 N–H and O–H groups in total. The van der Waals surface area contributed by atoms with Gasteiger partial charge in [-0.3, -0.25) is 4.79 Å². The summed E-state index contributed by atoms with van der Waals surface area (Å²) >= 11 is 0. The van der Waals surface area contributed by atoms with Gasteiger partial charge in [0.05, 0.1) is 6.54 Å². The highest BCUT2D eigenvalue weighted by Gasteiger charge is 2.17. The monoisotopic (exact) mass is 266 g/mol. The number of carbonyl (C=O) groups excluding carboxylic acids is 1. The van der Waals surface area contributed by atoms with Crippen LogP contribution in [0.5, 0.6) is 0 Å². The van der Waals surface area contributed by atoms with E-state index in [0.717, 1.165) is 4.31 Å². The van der Waals surface area contributed by atoms with E-state index in [4.69, 9.17) is 5.73 Å². The third kappa shape index (κ3) is 7.27. The lowest BCUT2D eigenvalue weighted by Gasteiger charge is -2.17. The zero-order chi connectivity index (χ0) is 13.5. The number of rotatable bonds is 8. The van der Waals surface area contributed by atoms with E-state index in [1.54, 1.807) is 13.8 Å². The molecule has 0 rings (SSSR count). The third-order valence-electron chi connectivity index (χ3n) is 1.95. The number of carbonyl (C=O) groups is 1. The van der Waals surface area contributed by atoms with Gasteiger partial charge >= 0.3 is 0 Å². The van der Waals surface area contributed by atoms with Crippen molar-refractivity contribution in [1.29, 1.82) is 0 Å². The van der Waals surface area contributed by atoms with Gasteiger partial charge in [0.25, 0.3) is 10.2 Å². The quantitative estimate of drug-likeness (QED) is 0.504. The lowest BCUT2D eigenvalue weighted by atomic mass is 10.4. The summed E-state index contributed by atoms with van der Waals surface area (Å²) in [5, 5.41) is 2.59. The fourth-order valence-electron chi connectivity index (χ4n) is 1.07. The maximum absolute atomic E-state index is 11.6. The summed E-state index contributed by atoms with van der Waals surface area (Å²) < 4.78 is 26.6. The molecule has 0 spiro atoms. The maximum atomic E-state index is 11.6. The molecule has 0 atom stereocenters. The second-order valence-corrected chi connectivity index (χ2v) is 5.87. The summed E-state index contributed by atoms with van der Waals surface area (Å²) in [6.45, 7) is 4.11. The lowest BCUT2D eigenvalue weighted by molar-refractivity contribution is -0.120. The summed E-state index contributed by atoms with van der Waals surface area (Å²) in [5.74, 6) is -0.351. The predicted molar refractivity (Wildman–Crippen MR) is 66.5 cm³/mol. The molecule has 102 valence electrons. The minimum atomic E-state index is -3.60. The van der Waals surface area contributed by atoms with Gasteiger partial charge in [-0.05, 0) is 26.8 Å². The molecular weight excluding hydrogens is 244 g/mol. The van der Waals surface area contributed by atoms with Crippen LogP contribution < -0.4 is 15.8 Å². The van der Waals surface area contributed by atoms with Crippen LogP contribution in [0.15, 0.2) is 0 Å². The molecule has 0 aromatic carbocycles. The Labute approximate surface area is 103 Å². The molecule has 0 aromatic rings. The minimum absolute atomic E-state index is 0.0121. The highest BCUT2D eigenvalue weighted by atomic mass is 32.2. The van der Waals surface area contributed by atoms with Crippen LogP contribution in [-0.4, -0.2) is 51.4 Å². The first-order valence-electron chi connectivity index (χ1n) is 5.50. The molecule has 0 fully saturated rings. The van der Waals surface area contributed by atoms with Crippen molar-refractivity contribution in [2.24, 2.45) is 5.73 Å². The lowest BCUT2D eigenvalue weighted by Crippen LogP contribution is -2.45. The second-order valence-electron chi connectivity index (χ2n) is 4.01. The number of nitrogens with one attached hydrogen (secondary N) is 2. The summed E-state index contributed by atoms with van der Waals surface area (Å²) in [6, 6.07) is -0.0121. The zero-order valence-electron chi connectivity index (χ0n) is 10.6. The van der Waals surface area contributed by atoms with Crippen LogP contribution in [0, 0.1) is 0 Å². The molecule has 0 unspecified atom stereocenters. The van der Waals surface area contributed by atoms with Crippen LogP contribution in [0.3, 0.4) is 0 Å². The summed E-state index contributed by atoms with van der Waals surface area (Å²) in [7, 11) is -2.15. The molecule has 0 radical (unpaired) electrons. The largest absolute Gasteiger partial charge is 0.353 e. The summed E-state index contributed by atoms with van der Waals surface area (Å²) in [6.07, 6.45) is 0.579. The Morgan fingerprint density at radius 1 is 1.41 bits per heavy atom. The molecule has 0 heterocycles. The highest BCUT2D eigenvalue weighted by Crippen LogP contribution is 1.94. The molecule has 0 aromatic heterocycles. The average molecular weight is 266 g/mol. The normalized spacial score (nSPS) is 12.1. The van der Waals surface area contributed by atoms with Crippen molar-refractivity contribution in [2.45, 2.75) is 26.3 Å². The van der Waals surface area contributed by atoms with Crippen LogP contribution in [0.2, 0.25) is 0 Å². The summed E-state index contributed by atoms with van der Waals surface area (Å²) in [5.41, 5.74) is 5.29. The van der Waals surface area contributed by atoms with Gasteiger partial charge in [0, 0.05) is 19.6 Å². The van der Waals surface area contributed by atoms with Gasteiger partial charge in [-0.1, -0.05) is 0 Å². The molecule has 8 heteroatoms. The van der Waals surface area contributed by atoms with Crippen molar-refractivity contribution in [3.63, 3.8) is 0 Å². The minimum Gasteiger partial charge on any atom is -0.353 e. The van der Waals surface area contributed by atoms with Crippen molar-refractivity contribution in [3.8, 4) is 0 Å². The second kappa shape index (κ2) is 7.59. The molecule has 17 heavy (non-hydrogen) atoms. The first-order valence-corrected chi connectivity index (χ1v) is 6.94. The molecule has 0 aliphatic heterocycles. The SMILES string of the molecule is CC(C)NC(=O)CNS(=O)(=O)N(C)CCCN. The van der Waals surface area contributed by atoms with Gasteiger partial charge in [-0.2, -0.15) is 17.4 Å². The Morgan fingerprint density at radius 3 is 2.47 bits per heavy atom. The summed E-state index contributed by atoms with van der Waals surface area (Å²) in [4.78, 5) is 11.3. The standard InChI is InChI=1S/C9H22N4O3S/c1-8(2)12-9(14)7-11-17(15,16)13(3)6-4-5-10/h8,11H,4-7,10H2,1-3H3,(H,12,14). The molecule has 0 aliphatic carbocycles. The van der Waals surface area contributed by atoms with Gasteiger partial charge < -0.3 is 11.1 Å². The van der Waals surface area contributed by atoms with Crippen LogP contribution in [0.4, 0.5) is 0 Å². The van der Waals surface area contributed by atoms with Gasteiger partial charge in [0.2, 0.25) is 5.91 Å². The van der Waals surface area contributed by atoms with Gasteiger partial charge in [0.1, 0.15) is 0 Å². The van der Waals surface area contributed by atoms with Crippen molar-refractivity contribution in [1.82, 2.24) is 14.3 Å². The van der Waals surface area contributed by atoms with E-state index in [0.29, 0.717) is 19.5 Å². The van der Waals surface area contributed by atoms with E-state index in [1.165, 1.54) is 7.05 Å². The first-order chi connectivity index (χ1) is 7.79. The van der Waals surface area contributed by atoms with E-state index >= 15 is 0 Å². The van der Waals surface area contributed by atoms with Gasteiger partial charge in [-0.25, -0.2) is 0 Å². The number of hydrogen-bond acceptors (Lipinski definition) is 4. The maximum Gasteiger partial charge on any atom is 0.279 e. The van der Waals surface area contributed by atoms with E-state index in [9.17, 15) is 13.2 Å². The number of nitrogens with two attached hydrogens (primary N) is 1. The fourth-order valence-corrected chi connectivity index (χ4v) is 1.98. The number of nitrogens with zero attached hydrogens (tertiary/aromatic N) is 1. The molecular formula is C9H22N4O3S. The predicted octanol–water partition coefficient (Wildman–Crippen LogP) is -1.37. The fraction of sp³-hybridized carbons (Fsp3) is 0.889. The Kier molecular flexibility index (Phi) is 7.28. The molecule has 0 bridgehead atoms. The van der Waals surface area contributed by atoms with Crippen molar-refractivity contribution >= 4 is 16.1 Å². The van der Waals surface area contributed by atoms with E-state index in [1.807, 2.05) is 0 Å².